The van der Waals surface area contributed by atoms with Gasteiger partial charge >= 0.3 is 0 Å². The number of fused-ring (bicyclic) bond motifs is 1. The standard InChI is InChI=1S/C14H19N5O2/c1-8-12(9(2)21-18-8)6-14(20)15-11-4-5-13-17-16-10(3)19(13)7-11/h11H,4-7H2,1-3H3,(H,15,20)/t11-/m1/s1. The number of rotatable bonds is 3. The van der Waals surface area contributed by atoms with Crippen molar-refractivity contribution in [2.24, 2.45) is 0 Å². The Hall–Kier alpha value is -2.18. The second-order valence-corrected chi connectivity index (χ2v) is 5.56. The predicted octanol–water partition coefficient (Wildman–Crippen LogP) is 0.865. The van der Waals surface area contributed by atoms with E-state index in [9.17, 15) is 4.79 Å². The van der Waals surface area contributed by atoms with Crippen LogP contribution in [-0.4, -0.2) is 31.9 Å². The first-order chi connectivity index (χ1) is 10.0. The number of carbonyl (C=O) groups is 1. The molecule has 0 unspecified atom stereocenters. The number of amides is 1. The minimum absolute atomic E-state index is 0.00331. The van der Waals surface area contributed by atoms with Crippen molar-refractivity contribution in [1.82, 2.24) is 25.2 Å². The van der Waals surface area contributed by atoms with Gasteiger partial charge in [0, 0.05) is 24.6 Å². The van der Waals surface area contributed by atoms with Crippen LogP contribution in [-0.2, 0) is 24.2 Å². The van der Waals surface area contributed by atoms with E-state index in [-0.39, 0.29) is 11.9 Å². The van der Waals surface area contributed by atoms with Crippen LogP contribution in [0.15, 0.2) is 4.52 Å². The molecule has 1 atom stereocenters. The smallest absolute Gasteiger partial charge is 0.224 e. The van der Waals surface area contributed by atoms with E-state index < -0.39 is 0 Å². The fourth-order valence-electron chi connectivity index (χ4n) is 2.77. The van der Waals surface area contributed by atoms with Crippen molar-refractivity contribution >= 4 is 5.91 Å². The molecule has 1 aliphatic heterocycles. The molecule has 1 aliphatic rings. The fourth-order valence-corrected chi connectivity index (χ4v) is 2.77. The molecular weight excluding hydrogens is 270 g/mol. The van der Waals surface area contributed by atoms with Gasteiger partial charge < -0.3 is 14.4 Å². The molecule has 21 heavy (non-hydrogen) atoms. The van der Waals surface area contributed by atoms with Gasteiger partial charge in [0.1, 0.15) is 17.4 Å². The summed E-state index contributed by atoms with van der Waals surface area (Å²) in [5.74, 6) is 2.62. The van der Waals surface area contributed by atoms with Crippen LogP contribution in [0.4, 0.5) is 0 Å². The highest BCUT2D eigenvalue weighted by atomic mass is 16.5. The summed E-state index contributed by atoms with van der Waals surface area (Å²) in [4.78, 5) is 12.2. The van der Waals surface area contributed by atoms with E-state index in [1.807, 2.05) is 20.8 Å². The molecule has 7 heteroatoms. The highest BCUT2D eigenvalue weighted by Crippen LogP contribution is 2.16. The third-order valence-electron chi connectivity index (χ3n) is 4.02. The van der Waals surface area contributed by atoms with Crippen molar-refractivity contribution in [3.05, 3.63) is 28.7 Å². The predicted molar refractivity (Wildman–Crippen MR) is 74.7 cm³/mol. The molecule has 0 saturated heterocycles. The molecule has 0 spiro atoms. The second kappa shape index (κ2) is 5.31. The van der Waals surface area contributed by atoms with Crippen molar-refractivity contribution in [2.45, 2.75) is 52.6 Å². The molecule has 0 aliphatic carbocycles. The van der Waals surface area contributed by atoms with Crippen molar-refractivity contribution in [3.63, 3.8) is 0 Å². The largest absolute Gasteiger partial charge is 0.361 e. The molecule has 2 aromatic heterocycles. The normalized spacial score (nSPS) is 17.6. The molecule has 1 amide bonds. The van der Waals surface area contributed by atoms with E-state index in [4.69, 9.17) is 4.52 Å². The number of nitrogens with zero attached hydrogens (tertiary/aromatic N) is 4. The maximum atomic E-state index is 12.2. The number of aryl methyl sites for hydroxylation is 4. The van der Waals surface area contributed by atoms with Crippen LogP contribution < -0.4 is 5.32 Å². The molecule has 3 rings (SSSR count). The SMILES string of the molecule is Cc1noc(C)c1CC(=O)N[C@@H]1CCc2nnc(C)n2C1. The Morgan fingerprint density at radius 2 is 2.19 bits per heavy atom. The minimum atomic E-state index is 0.00331. The number of hydrogen-bond acceptors (Lipinski definition) is 5. The summed E-state index contributed by atoms with van der Waals surface area (Å²) in [5.41, 5.74) is 1.66. The van der Waals surface area contributed by atoms with Gasteiger partial charge in [-0.2, -0.15) is 0 Å². The molecule has 0 bridgehead atoms. The van der Waals surface area contributed by atoms with Gasteiger partial charge in [0.15, 0.2) is 0 Å². The van der Waals surface area contributed by atoms with Gasteiger partial charge in [0.2, 0.25) is 5.91 Å². The van der Waals surface area contributed by atoms with E-state index in [1.165, 1.54) is 0 Å². The summed E-state index contributed by atoms with van der Waals surface area (Å²) in [6.45, 7) is 6.36. The average Bonchev–Trinajstić information content (AvgIpc) is 2.97. The Morgan fingerprint density at radius 1 is 1.38 bits per heavy atom. The first-order valence-electron chi connectivity index (χ1n) is 7.14. The summed E-state index contributed by atoms with van der Waals surface area (Å²) in [7, 11) is 0. The van der Waals surface area contributed by atoms with Gasteiger partial charge in [0.25, 0.3) is 0 Å². The third-order valence-corrected chi connectivity index (χ3v) is 4.02. The van der Waals surface area contributed by atoms with Crippen molar-refractivity contribution in [2.75, 3.05) is 0 Å². The summed E-state index contributed by atoms with van der Waals surface area (Å²) >= 11 is 0. The first kappa shape index (κ1) is 13.8. The minimum Gasteiger partial charge on any atom is -0.361 e. The molecule has 3 heterocycles. The Balaban J connectivity index is 1.63. The van der Waals surface area contributed by atoms with Crippen LogP contribution in [0.3, 0.4) is 0 Å². The topological polar surface area (TPSA) is 85.8 Å². The second-order valence-electron chi connectivity index (χ2n) is 5.56. The van der Waals surface area contributed by atoms with E-state index in [1.54, 1.807) is 0 Å². The molecule has 0 saturated carbocycles. The maximum Gasteiger partial charge on any atom is 0.224 e. The van der Waals surface area contributed by atoms with Gasteiger partial charge in [-0.25, -0.2) is 0 Å². The van der Waals surface area contributed by atoms with Crippen molar-refractivity contribution in [1.29, 1.82) is 0 Å². The van der Waals surface area contributed by atoms with Crippen LogP contribution in [0.5, 0.6) is 0 Å². The van der Waals surface area contributed by atoms with E-state index >= 15 is 0 Å². The Morgan fingerprint density at radius 3 is 2.90 bits per heavy atom. The van der Waals surface area contributed by atoms with Crippen LogP contribution in [0.1, 0.15) is 35.1 Å². The lowest BCUT2D eigenvalue weighted by molar-refractivity contribution is -0.121. The molecule has 0 aromatic carbocycles. The van der Waals surface area contributed by atoms with E-state index in [0.29, 0.717) is 12.2 Å². The number of nitrogens with one attached hydrogen (secondary N) is 1. The quantitative estimate of drug-likeness (QED) is 0.906. The summed E-state index contributed by atoms with van der Waals surface area (Å²) in [6.07, 6.45) is 2.05. The van der Waals surface area contributed by atoms with Crippen LogP contribution in [0, 0.1) is 20.8 Å². The highest BCUT2D eigenvalue weighted by Gasteiger charge is 2.23. The lowest BCUT2D eigenvalue weighted by Gasteiger charge is -2.24. The summed E-state index contributed by atoms with van der Waals surface area (Å²) in [6, 6.07) is 0.125. The molecule has 1 N–H and O–H groups in total. The molecule has 112 valence electrons. The average molecular weight is 289 g/mol. The van der Waals surface area contributed by atoms with E-state index in [2.05, 4.69) is 25.2 Å². The first-order valence-corrected chi connectivity index (χ1v) is 7.14. The van der Waals surface area contributed by atoms with Crippen LogP contribution >= 0.6 is 0 Å². The fraction of sp³-hybridized carbons (Fsp3) is 0.571. The van der Waals surface area contributed by atoms with Gasteiger partial charge in [-0.15, -0.1) is 10.2 Å². The van der Waals surface area contributed by atoms with Crippen molar-refractivity contribution < 1.29 is 9.32 Å². The highest BCUT2D eigenvalue weighted by molar-refractivity contribution is 5.79. The van der Waals surface area contributed by atoms with Gasteiger partial charge in [-0.05, 0) is 27.2 Å². The zero-order valence-electron chi connectivity index (χ0n) is 12.5. The summed E-state index contributed by atoms with van der Waals surface area (Å²) in [5, 5.41) is 15.2. The Bertz CT molecular complexity index is 653. The van der Waals surface area contributed by atoms with Gasteiger partial charge in [0.05, 0.1) is 12.1 Å². The van der Waals surface area contributed by atoms with Crippen molar-refractivity contribution in [3.8, 4) is 0 Å². The Kier molecular flexibility index (Phi) is 3.48. The van der Waals surface area contributed by atoms with Crippen LogP contribution in [0.2, 0.25) is 0 Å². The Labute approximate surface area is 122 Å². The number of carbonyl (C=O) groups excluding carboxylic acids is 1. The van der Waals surface area contributed by atoms with Crippen LogP contribution in [0.25, 0.3) is 0 Å². The number of aromatic nitrogens is 4. The van der Waals surface area contributed by atoms with Gasteiger partial charge in [-0.3, -0.25) is 4.79 Å². The zero-order valence-corrected chi connectivity index (χ0v) is 12.5. The molecule has 7 nitrogen and oxygen atoms in total. The molecule has 0 fully saturated rings. The zero-order chi connectivity index (χ0) is 15.0. The lowest BCUT2D eigenvalue weighted by atomic mass is 10.1. The van der Waals surface area contributed by atoms with Gasteiger partial charge in [-0.1, -0.05) is 5.16 Å². The molecule has 0 radical (unpaired) electrons. The molecular formula is C14H19N5O2. The number of hydrogen-bond donors (Lipinski definition) is 1. The maximum absolute atomic E-state index is 12.2. The van der Waals surface area contributed by atoms with E-state index in [0.717, 1.165) is 42.3 Å². The molecule has 2 aromatic rings. The lowest BCUT2D eigenvalue weighted by Crippen LogP contribution is -2.42. The third kappa shape index (κ3) is 2.68. The summed E-state index contributed by atoms with van der Waals surface area (Å²) < 4.78 is 7.16. The monoisotopic (exact) mass is 289 g/mol.